The molecule has 0 radical (unpaired) electrons. The summed E-state index contributed by atoms with van der Waals surface area (Å²) >= 11 is 3.42. The maximum Gasteiger partial charge on any atom is 0.255 e. The van der Waals surface area contributed by atoms with Crippen LogP contribution in [0.3, 0.4) is 0 Å². The fourth-order valence-electron chi connectivity index (χ4n) is 3.82. The molecule has 0 fully saturated rings. The van der Waals surface area contributed by atoms with Gasteiger partial charge in [0.05, 0.1) is 13.0 Å². The average Bonchev–Trinajstić information content (AvgIpc) is 3.25. The Labute approximate surface area is 196 Å². The fourth-order valence-corrected chi connectivity index (χ4v) is 4.19. The molecule has 0 saturated heterocycles. The Morgan fingerprint density at radius 3 is 2.85 bits per heavy atom. The van der Waals surface area contributed by atoms with E-state index in [1.807, 2.05) is 16.7 Å². The molecule has 1 amide bonds. The van der Waals surface area contributed by atoms with E-state index in [1.165, 1.54) is 0 Å². The number of aromatic amines is 1. The van der Waals surface area contributed by atoms with Gasteiger partial charge in [0.2, 0.25) is 5.91 Å². The average molecular weight is 507 g/mol. The van der Waals surface area contributed by atoms with Gasteiger partial charge in [-0.15, -0.1) is 10.2 Å². The van der Waals surface area contributed by atoms with Gasteiger partial charge < -0.3 is 14.5 Å². The van der Waals surface area contributed by atoms with E-state index in [0.29, 0.717) is 54.1 Å². The van der Waals surface area contributed by atoms with Gasteiger partial charge in [0.1, 0.15) is 5.69 Å². The molecule has 1 N–H and O–H groups in total. The zero-order valence-corrected chi connectivity index (χ0v) is 19.3. The summed E-state index contributed by atoms with van der Waals surface area (Å²) in [4.78, 5) is 43.0. The molecule has 0 atom stereocenters. The summed E-state index contributed by atoms with van der Waals surface area (Å²) in [5.41, 5.74) is 1.96. The van der Waals surface area contributed by atoms with E-state index < -0.39 is 0 Å². The minimum atomic E-state index is -0.332. The Bertz CT molecular complexity index is 1400. The van der Waals surface area contributed by atoms with Crippen molar-refractivity contribution in [2.45, 2.75) is 26.4 Å². The van der Waals surface area contributed by atoms with Crippen LogP contribution in [0, 0.1) is 6.92 Å². The van der Waals surface area contributed by atoms with Gasteiger partial charge in [0, 0.05) is 53.0 Å². The first kappa shape index (κ1) is 21.1. The molecule has 10 nitrogen and oxygen atoms in total. The van der Waals surface area contributed by atoms with Crippen molar-refractivity contribution in [3.05, 3.63) is 74.8 Å². The van der Waals surface area contributed by atoms with Crippen LogP contribution in [0.25, 0.3) is 22.9 Å². The van der Waals surface area contributed by atoms with Crippen molar-refractivity contribution in [2.75, 3.05) is 6.54 Å². The van der Waals surface area contributed by atoms with E-state index >= 15 is 0 Å². The molecule has 166 valence electrons. The molecule has 0 aromatic carbocycles. The predicted molar refractivity (Wildman–Crippen MR) is 123 cm³/mol. The minimum Gasteiger partial charge on any atom is -0.333 e. The van der Waals surface area contributed by atoms with Crippen LogP contribution in [0.5, 0.6) is 0 Å². The molecule has 33 heavy (non-hydrogen) atoms. The summed E-state index contributed by atoms with van der Waals surface area (Å²) in [6.07, 6.45) is 5.04. The molecule has 5 rings (SSSR count). The first-order valence-corrected chi connectivity index (χ1v) is 11.1. The van der Waals surface area contributed by atoms with Crippen molar-refractivity contribution in [1.29, 1.82) is 0 Å². The molecule has 5 heterocycles. The lowest BCUT2D eigenvalue weighted by molar-refractivity contribution is -0.132. The quantitative estimate of drug-likeness (QED) is 0.449. The van der Waals surface area contributed by atoms with Crippen LogP contribution in [0.15, 0.2) is 52.1 Å². The number of fused-ring (bicyclic) bond motifs is 1. The van der Waals surface area contributed by atoms with Crippen LogP contribution in [-0.2, 0) is 24.3 Å². The Balaban J connectivity index is 1.34. The number of carbonyl (C=O) groups excluding carboxylic acids is 1. The number of pyridine rings is 2. The van der Waals surface area contributed by atoms with Crippen LogP contribution < -0.4 is 5.56 Å². The van der Waals surface area contributed by atoms with E-state index in [4.69, 9.17) is 0 Å². The third-order valence-corrected chi connectivity index (χ3v) is 5.96. The maximum absolute atomic E-state index is 13.0. The van der Waals surface area contributed by atoms with Crippen molar-refractivity contribution in [2.24, 2.45) is 0 Å². The predicted octanol–water partition coefficient (Wildman–Crippen LogP) is 2.14. The first-order chi connectivity index (χ1) is 16.0. The molecule has 0 saturated carbocycles. The number of H-pyrrole nitrogens is 1. The van der Waals surface area contributed by atoms with E-state index in [0.717, 1.165) is 10.0 Å². The highest BCUT2D eigenvalue weighted by Gasteiger charge is 2.26. The second kappa shape index (κ2) is 8.66. The zero-order chi connectivity index (χ0) is 22.9. The second-order valence-corrected chi connectivity index (χ2v) is 8.58. The second-order valence-electron chi connectivity index (χ2n) is 7.67. The number of amides is 1. The largest absolute Gasteiger partial charge is 0.333 e. The lowest BCUT2D eigenvalue weighted by atomic mass is 10.1. The molecule has 1 aliphatic heterocycles. The fraction of sp³-hybridized carbons (Fsp3) is 0.227. The van der Waals surface area contributed by atoms with Crippen LogP contribution >= 0.6 is 15.9 Å². The van der Waals surface area contributed by atoms with Crippen LogP contribution in [0.1, 0.15) is 17.1 Å². The van der Waals surface area contributed by atoms with Crippen LogP contribution in [0.4, 0.5) is 0 Å². The van der Waals surface area contributed by atoms with Crippen molar-refractivity contribution in [3.63, 3.8) is 0 Å². The third-order valence-electron chi connectivity index (χ3n) is 5.53. The SMILES string of the molecule is Cc1nc(-c2ccccn2)[nH]c(=O)c1CC(=O)N1CCn2c(nnc2-c2cncc(Br)c2)C1. The molecule has 0 aliphatic carbocycles. The van der Waals surface area contributed by atoms with Gasteiger partial charge in [-0.3, -0.25) is 19.6 Å². The maximum atomic E-state index is 13.0. The number of hydrogen-bond acceptors (Lipinski definition) is 7. The van der Waals surface area contributed by atoms with E-state index in [-0.39, 0.29) is 17.9 Å². The smallest absolute Gasteiger partial charge is 0.255 e. The molecule has 11 heteroatoms. The number of aryl methyl sites for hydroxylation is 1. The van der Waals surface area contributed by atoms with Crippen molar-refractivity contribution < 1.29 is 4.79 Å². The highest BCUT2D eigenvalue weighted by molar-refractivity contribution is 9.10. The van der Waals surface area contributed by atoms with Gasteiger partial charge in [0.25, 0.3) is 5.56 Å². The standard InChI is InChI=1S/C22H19BrN8O2/c1-13-16(22(33)27-20(26-13)17-4-2-3-5-25-17)9-19(32)30-6-7-31-18(12-30)28-29-21(31)14-8-15(23)11-24-10-14/h2-5,8,10-11H,6-7,9,12H2,1H3,(H,26,27,33). The summed E-state index contributed by atoms with van der Waals surface area (Å²) < 4.78 is 2.85. The summed E-state index contributed by atoms with van der Waals surface area (Å²) in [5, 5.41) is 8.57. The zero-order valence-electron chi connectivity index (χ0n) is 17.7. The summed E-state index contributed by atoms with van der Waals surface area (Å²) in [5.74, 6) is 1.64. The van der Waals surface area contributed by atoms with Crippen molar-refractivity contribution in [3.8, 4) is 22.9 Å². The molecule has 4 aromatic heterocycles. The topological polar surface area (TPSA) is 123 Å². The number of carbonyl (C=O) groups is 1. The van der Waals surface area contributed by atoms with Crippen molar-refractivity contribution in [1.82, 2.24) is 39.6 Å². The van der Waals surface area contributed by atoms with E-state index in [2.05, 4.69) is 46.1 Å². The number of nitrogens with zero attached hydrogens (tertiary/aromatic N) is 7. The molecule has 1 aliphatic rings. The van der Waals surface area contributed by atoms with Gasteiger partial charge in [0.15, 0.2) is 17.5 Å². The highest BCUT2D eigenvalue weighted by atomic mass is 79.9. The Morgan fingerprint density at radius 2 is 2.09 bits per heavy atom. The van der Waals surface area contributed by atoms with Gasteiger partial charge in [-0.1, -0.05) is 6.07 Å². The van der Waals surface area contributed by atoms with E-state index in [9.17, 15) is 9.59 Å². The summed E-state index contributed by atoms with van der Waals surface area (Å²) in [7, 11) is 0. The van der Waals surface area contributed by atoms with Crippen LogP contribution in [0.2, 0.25) is 0 Å². The number of hydrogen-bond donors (Lipinski definition) is 1. The first-order valence-electron chi connectivity index (χ1n) is 10.3. The van der Waals surface area contributed by atoms with Gasteiger partial charge in [-0.25, -0.2) is 4.98 Å². The van der Waals surface area contributed by atoms with Gasteiger partial charge in [-0.2, -0.15) is 0 Å². The molecule has 0 bridgehead atoms. The Kier molecular flexibility index (Phi) is 5.55. The lowest BCUT2D eigenvalue weighted by Crippen LogP contribution is -2.40. The van der Waals surface area contributed by atoms with E-state index in [1.54, 1.807) is 42.5 Å². The Morgan fingerprint density at radius 1 is 1.21 bits per heavy atom. The van der Waals surface area contributed by atoms with Gasteiger partial charge >= 0.3 is 0 Å². The summed E-state index contributed by atoms with van der Waals surface area (Å²) in [6, 6.07) is 7.31. The third kappa shape index (κ3) is 4.19. The van der Waals surface area contributed by atoms with Gasteiger partial charge in [-0.05, 0) is 41.1 Å². The molecular weight excluding hydrogens is 488 g/mol. The molecule has 0 spiro atoms. The molecule has 0 unspecified atom stereocenters. The van der Waals surface area contributed by atoms with Crippen molar-refractivity contribution >= 4 is 21.8 Å². The number of halogens is 1. The number of rotatable bonds is 4. The number of aromatic nitrogens is 7. The van der Waals surface area contributed by atoms with Crippen LogP contribution in [-0.4, -0.2) is 52.1 Å². The lowest BCUT2D eigenvalue weighted by Gasteiger charge is -2.28. The normalized spacial score (nSPS) is 13.1. The Hall–Kier alpha value is -3.73. The molecular formula is C22H19BrN8O2. The number of nitrogens with one attached hydrogen (secondary N) is 1. The minimum absolute atomic E-state index is 0.0345. The monoisotopic (exact) mass is 506 g/mol. The highest BCUT2D eigenvalue weighted by Crippen LogP contribution is 2.24. The summed E-state index contributed by atoms with van der Waals surface area (Å²) in [6.45, 7) is 3.11. The molecule has 4 aromatic rings.